The van der Waals surface area contributed by atoms with Crippen LogP contribution >= 0.6 is 11.6 Å². The molecule has 0 amide bonds. The molecule has 0 spiro atoms. The lowest BCUT2D eigenvalue weighted by atomic mass is 9.81. The van der Waals surface area contributed by atoms with Gasteiger partial charge in [-0.05, 0) is 37.3 Å². The van der Waals surface area contributed by atoms with Crippen molar-refractivity contribution in [1.29, 1.82) is 0 Å². The van der Waals surface area contributed by atoms with E-state index < -0.39 is 0 Å². The molecule has 1 aromatic rings. The molecule has 0 aliphatic carbocycles. The molecule has 2 fully saturated rings. The molecule has 2 bridgehead atoms. The van der Waals surface area contributed by atoms with Crippen LogP contribution in [0.25, 0.3) is 0 Å². The molecule has 3 rings (SSSR count). The fraction of sp³-hybridized carbons (Fsp3) is 0.571. The number of hydrogen-bond acceptors (Lipinski definition) is 3. The number of nitrogens with two attached hydrogens (primary N) is 1. The lowest BCUT2D eigenvalue weighted by molar-refractivity contribution is 0.0856. The molecule has 1 aromatic carbocycles. The highest BCUT2D eigenvalue weighted by Crippen LogP contribution is 2.41. The van der Waals surface area contributed by atoms with Crippen LogP contribution in [0.2, 0.25) is 5.02 Å². The van der Waals surface area contributed by atoms with Gasteiger partial charge < -0.3 is 4.74 Å². The van der Waals surface area contributed by atoms with Crippen LogP contribution in [0.3, 0.4) is 0 Å². The molecular formula is C14H18ClFN2O. The Balaban J connectivity index is 1.75. The van der Waals surface area contributed by atoms with Crippen LogP contribution in [-0.2, 0) is 11.2 Å². The lowest BCUT2D eigenvalue weighted by Gasteiger charge is -2.28. The summed E-state index contributed by atoms with van der Waals surface area (Å²) >= 11 is 5.81. The van der Waals surface area contributed by atoms with E-state index in [0.717, 1.165) is 19.3 Å². The maximum Gasteiger partial charge on any atom is 0.145 e. The summed E-state index contributed by atoms with van der Waals surface area (Å²) in [6, 6.07) is 5.13. The van der Waals surface area contributed by atoms with Gasteiger partial charge in [0.1, 0.15) is 5.82 Å². The highest BCUT2D eigenvalue weighted by atomic mass is 35.5. The average molecular weight is 285 g/mol. The summed E-state index contributed by atoms with van der Waals surface area (Å²) in [5, 5.41) is 0.164. The molecule has 3 N–H and O–H groups in total. The molecule has 2 aliphatic heterocycles. The highest BCUT2D eigenvalue weighted by Gasteiger charge is 2.44. The zero-order chi connectivity index (χ0) is 13.4. The molecule has 4 atom stereocenters. The van der Waals surface area contributed by atoms with E-state index in [-0.39, 0.29) is 23.0 Å². The first kappa shape index (κ1) is 13.3. The van der Waals surface area contributed by atoms with E-state index >= 15 is 0 Å². The van der Waals surface area contributed by atoms with Crippen LogP contribution in [0.1, 0.15) is 24.8 Å². The van der Waals surface area contributed by atoms with Crippen molar-refractivity contribution in [2.45, 2.75) is 43.9 Å². The summed E-state index contributed by atoms with van der Waals surface area (Å²) in [4.78, 5) is 0. The van der Waals surface area contributed by atoms with Gasteiger partial charge >= 0.3 is 0 Å². The SMILES string of the molecule is NNC(Cc1cccc(Cl)c1F)C1CC2CCC1O2. The van der Waals surface area contributed by atoms with Gasteiger partial charge in [0.05, 0.1) is 17.2 Å². The second-order valence-electron chi connectivity index (χ2n) is 5.46. The molecule has 2 aliphatic rings. The van der Waals surface area contributed by atoms with Crippen molar-refractivity contribution in [3.63, 3.8) is 0 Å². The molecule has 2 saturated heterocycles. The predicted octanol–water partition coefficient (Wildman–Crippen LogP) is 2.42. The van der Waals surface area contributed by atoms with E-state index in [9.17, 15) is 4.39 Å². The molecule has 0 aromatic heterocycles. The zero-order valence-electron chi connectivity index (χ0n) is 10.6. The van der Waals surface area contributed by atoms with Crippen LogP contribution in [0, 0.1) is 11.7 Å². The number of fused-ring (bicyclic) bond motifs is 2. The van der Waals surface area contributed by atoms with Crippen molar-refractivity contribution in [2.24, 2.45) is 11.8 Å². The molecule has 0 radical (unpaired) electrons. The fourth-order valence-electron chi connectivity index (χ4n) is 3.38. The number of hydrazine groups is 1. The highest BCUT2D eigenvalue weighted by molar-refractivity contribution is 6.30. The maximum absolute atomic E-state index is 13.9. The van der Waals surface area contributed by atoms with E-state index in [1.807, 2.05) is 0 Å². The number of benzene rings is 1. The third kappa shape index (κ3) is 2.50. The summed E-state index contributed by atoms with van der Waals surface area (Å²) in [7, 11) is 0. The van der Waals surface area contributed by atoms with Gasteiger partial charge in [0.15, 0.2) is 0 Å². The maximum atomic E-state index is 13.9. The zero-order valence-corrected chi connectivity index (χ0v) is 11.4. The van der Waals surface area contributed by atoms with E-state index in [4.69, 9.17) is 22.2 Å². The quantitative estimate of drug-likeness (QED) is 0.659. The second-order valence-corrected chi connectivity index (χ2v) is 5.87. The number of halogens is 2. The van der Waals surface area contributed by atoms with Crippen LogP contribution < -0.4 is 11.3 Å². The van der Waals surface area contributed by atoms with Gasteiger partial charge in [-0.2, -0.15) is 0 Å². The van der Waals surface area contributed by atoms with Crippen LogP contribution in [0.4, 0.5) is 4.39 Å². The number of rotatable bonds is 4. The van der Waals surface area contributed by atoms with Crippen molar-refractivity contribution in [1.82, 2.24) is 5.43 Å². The van der Waals surface area contributed by atoms with Gasteiger partial charge in [0, 0.05) is 12.0 Å². The topological polar surface area (TPSA) is 47.3 Å². The van der Waals surface area contributed by atoms with Crippen LogP contribution in [0.5, 0.6) is 0 Å². The van der Waals surface area contributed by atoms with Crippen LogP contribution in [-0.4, -0.2) is 18.2 Å². The van der Waals surface area contributed by atoms with Crippen molar-refractivity contribution < 1.29 is 9.13 Å². The van der Waals surface area contributed by atoms with Crippen molar-refractivity contribution in [2.75, 3.05) is 0 Å². The Hall–Kier alpha value is -0.680. The third-order valence-electron chi connectivity index (χ3n) is 4.36. The number of nitrogens with one attached hydrogen (secondary N) is 1. The monoisotopic (exact) mass is 284 g/mol. The standard InChI is InChI=1S/C14H18ClFN2O/c15-11-3-1-2-8(14(11)16)6-12(18-17)10-7-9-4-5-13(10)19-9/h1-3,9-10,12-13,18H,4-7,17H2. The lowest BCUT2D eigenvalue weighted by Crippen LogP contribution is -2.45. The van der Waals surface area contributed by atoms with E-state index in [2.05, 4.69) is 5.43 Å². The normalized spacial score (nSPS) is 30.8. The van der Waals surface area contributed by atoms with E-state index in [1.54, 1.807) is 18.2 Å². The van der Waals surface area contributed by atoms with Crippen molar-refractivity contribution in [3.05, 3.63) is 34.6 Å². The van der Waals surface area contributed by atoms with Crippen molar-refractivity contribution in [3.8, 4) is 0 Å². The summed E-state index contributed by atoms with van der Waals surface area (Å²) in [6.07, 6.45) is 4.43. The summed E-state index contributed by atoms with van der Waals surface area (Å²) in [5.41, 5.74) is 3.44. The predicted molar refractivity (Wildman–Crippen MR) is 72.2 cm³/mol. The Morgan fingerprint density at radius 2 is 2.32 bits per heavy atom. The van der Waals surface area contributed by atoms with Gasteiger partial charge in [0.2, 0.25) is 0 Å². The summed E-state index contributed by atoms with van der Waals surface area (Å²) in [5.74, 6) is 5.68. The summed E-state index contributed by atoms with van der Waals surface area (Å²) in [6.45, 7) is 0. The summed E-state index contributed by atoms with van der Waals surface area (Å²) < 4.78 is 19.8. The molecule has 19 heavy (non-hydrogen) atoms. The largest absolute Gasteiger partial charge is 0.375 e. The van der Waals surface area contributed by atoms with Gasteiger partial charge in [-0.3, -0.25) is 11.3 Å². The first-order valence-corrected chi connectivity index (χ1v) is 7.11. The molecule has 0 saturated carbocycles. The molecule has 5 heteroatoms. The Morgan fingerprint density at radius 3 is 2.95 bits per heavy atom. The molecule has 3 nitrogen and oxygen atoms in total. The fourth-order valence-corrected chi connectivity index (χ4v) is 3.57. The second kappa shape index (κ2) is 5.37. The minimum absolute atomic E-state index is 0.0308. The molecule has 4 unspecified atom stereocenters. The Kier molecular flexibility index (Phi) is 3.76. The Bertz CT molecular complexity index is 471. The van der Waals surface area contributed by atoms with Gasteiger partial charge in [-0.1, -0.05) is 23.7 Å². The smallest absolute Gasteiger partial charge is 0.145 e. The number of hydrogen-bond donors (Lipinski definition) is 2. The molecule has 2 heterocycles. The van der Waals surface area contributed by atoms with Crippen molar-refractivity contribution >= 4 is 11.6 Å². The molecular weight excluding hydrogens is 267 g/mol. The van der Waals surface area contributed by atoms with Gasteiger partial charge in [-0.25, -0.2) is 4.39 Å². The number of ether oxygens (including phenoxy) is 1. The first-order valence-electron chi connectivity index (χ1n) is 6.73. The van der Waals surface area contributed by atoms with E-state index in [1.165, 1.54) is 0 Å². The Labute approximate surface area is 117 Å². The molecule has 104 valence electrons. The minimum atomic E-state index is -0.339. The van der Waals surface area contributed by atoms with Gasteiger partial charge in [-0.15, -0.1) is 0 Å². The first-order chi connectivity index (χ1) is 9.19. The van der Waals surface area contributed by atoms with E-state index in [0.29, 0.717) is 24.0 Å². The van der Waals surface area contributed by atoms with Gasteiger partial charge in [0.25, 0.3) is 0 Å². The van der Waals surface area contributed by atoms with Crippen LogP contribution in [0.15, 0.2) is 18.2 Å². The minimum Gasteiger partial charge on any atom is -0.375 e. The Morgan fingerprint density at radius 1 is 1.47 bits per heavy atom. The third-order valence-corrected chi connectivity index (χ3v) is 4.65. The average Bonchev–Trinajstić information content (AvgIpc) is 3.03.